The molecule has 0 aromatic rings. The Morgan fingerprint density at radius 1 is 1.79 bits per heavy atom. The van der Waals surface area contributed by atoms with Gasteiger partial charge in [-0.2, -0.15) is 0 Å². The van der Waals surface area contributed by atoms with Gasteiger partial charge in [0.15, 0.2) is 11.4 Å². The third-order valence-corrected chi connectivity index (χ3v) is 1.42. The van der Waals surface area contributed by atoms with Gasteiger partial charge in [-0.05, 0) is 19.4 Å². The van der Waals surface area contributed by atoms with Gasteiger partial charge in [-0.3, -0.25) is 0 Å². The molecule has 14 heavy (non-hydrogen) atoms. The van der Waals surface area contributed by atoms with Crippen molar-refractivity contribution in [1.29, 1.82) is 0 Å². The average Bonchev–Trinajstić information content (AvgIpc) is 2.09. The normalized spacial score (nSPS) is 12.6. The van der Waals surface area contributed by atoms with Crippen LogP contribution in [-0.4, -0.2) is 35.0 Å². The molecule has 0 aromatic heterocycles. The molecule has 80 valence electrons. The number of nitro groups is 1. The topological polar surface area (TPSA) is 131 Å². The number of hydrogen-bond donors (Lipinski definition) is 3. The van der Waals surface area contributed by atoms with Gasteiger partial charge < -0.3 is 16.2 Å². The van der Waals surface area contributed by atoms with Gasteiger partial charge in [-0.1, -0.05) is 0 Å². The number of carboxylic acids is 1. The number of carboxylic acid groups (broad SMARTS) is 1. The summed E-state index contributed by atoms with van der Waals surface area (Å²) in [6.45, 7) is 0.373. The van der Waals surface area contributed by atoms with Crippen molar-refractivity contribution >= 4 is 12.3 Å². The molecular weight excluding hydrogens is 192 g/mol. The molecule has 0 bridgehead atoms. The number of hydrogen-bond acceptors (Lipinski definition) is 4. The minimum Gasteiger partial charge on any atom is -0.480 e. The van der Waals surface area contributed by atoms with Gasteiger partial charge in [0.2, 0.25) is 0 Å². The molecule has 0 heterocycles. The Morgan fingerprint density at radius 2 is 2.43 bits per heavy atom. The van der Waals surface area contributed by atoms with Crippen molar-refractivity contribution in [2.75, 3.05) is 6.54 Å². The van der Waals surface area contributed by atoms with E-state index in [0.29, 0.717) is 19.4 Å². The van der Waals surface area contributed by atoms with Crippen molar-refractivity contribution in [2.45, 2.75) is 18.9 Å². The molecule has 0 aliphatic carbocycles. The zero-order valence-corrected chi connectivity index (χ0v) is 7.42. The fraction of sp³-hybridized carbons (Fsp3) is 0.667. The molecular formula is C6H12N4O4. The molecule has 0 aliphatic heterocycles. The SMILES string of the molecule is NCCC[C@H](N/C=N/[N+](=O)[O-])C(=O)O. The predicted molar refractivity (Wildman–Crippen MR) is 48.3 cm³/mol. The summed E-state index contributed by atoms with van der Waals surface area (Å²) < 4.78 is 0. The standard InChI is InChI=1S/C6H12N4O4/c7-3-1-2-5(6(11)12)8-4-9-10(13)14/h4-5H,1-3,7H2,(H,8,9)(H,11,12)/t5-/m0/s1. The second-order valence-corrected chi connectivity index (χ2v) is 2.47. The molecule has 0 aliphatic rings. The molecule has 8 heteroatoms. The lowest BCUT2D eigenvalue weighted by Crippen LogP contribution is -2.36. The highest BCUT2D eigenvalue weighted by atomic mass is 16.7. The minimum atomic E-state index is -1.09. The van der Waals surface area contributed by atoms with Gasteiger partial charge in [-0.25, -0.2) is 14.9 Å². The highest BCUT2D eigenvalue weighted by molar-refractivity contribution is 5.76. The summed E-state index contributed by atoms with van der Waals surface area (Å²) in [4.78, 5) is 20.3. The van der Waals surface area contributed by atoms with Crippen LogP contribution in [0.4, 0.5) is 0 Å². The number of nitrogens with two attached hydrogens (primary N) is 1. The van der Waals surface area contributed by atoms with E-state index in [4.69, 9.17) is 10.8 Å². The molecule has 8 nitrogen and oxygen atoms in total. The van der Waals surface area contributed by atoms with Gasteiger partial charge in [-0.15, -0.1) is 0 Å². The fourth-order valence-electron chi connectivity index (χ4n) is 0.771. The molecule has 0 fully saturated rings. The van der Waals surface area contributed by atoms with Gasteiger partial charge >= 0.3 is 5.97 Å². The van der Waals surface area contributed by atoms with Crippen LogP contribution in [0, 0.1) is 10.1 Å². The number of nitrogens with zero attached hydrogens (tertiary/aromatic N) is 2. The maximum absolute atomic E-state index is 10.5. The van der Waals surface area contributed by atoms with Crippen LogP contribution in [0.2, 0.25) is 0 Å². The van der Waals surface area contributed by atoms with Crippen LogP contribution in [0.15, 0.2) is 5.10 Å². The van der Waals surface area contributed by atoms with Crippen molar-refractivity contribution in [3.63, 3.8) is 0 Å². The molecule has 0 spiro atoms. The van der Waals surface area contributed by atoms with Crippen LogP contribution in [-0.2, 0) is 4.79 Å². The third kappa shape index (κ3) is 5.89. The van der Waals surface area contributed by atoms with E-state index in [0.717, 1.165) is 6.34 Å². The Hall–Kier alpha value is -1.70. The highest BCUT2D eigenvalue weighted by Crippen LogP contribution is 1.95. The molecule has 4 N–H and O–H groups in total. The van der Waals surface area contributed by atoms with E-state index in [-0.39, 0.29) is 0 Å². The summed E-state index contributed by atoms with van der Waals surface area (Å²) in [5.74, 6) is -1.09. The monoisotopic (exact) mass is 204 g/mol. The average molecular weight is 204 g/mol. The Labute approximate surface area is 79.9 Å². The predicted octanol–water partition coefficient (Wildman–Crippen LogP) is -1.01. The first kappa shape index (κ1) is 12.3. The van der Waals surface area contributed by atoms with Gasteiger partial charge in [0.1, 0.15) is 6.04 Å². The summed E-state index contributed by atoms with van der Waals surface area (Å²) in [6, 6.07) is -0.887. The largest absolute Gasteiger partial charge is 0.480 e. The zero-order chi connectivity index (χ0) is 11.0. The van der Waals surface area contributed by atoms with E-state index in [1.165, 1.54) is 0 Å². The lowest BCUT2D eigenvalue weighted by Gasteiger charge is -2.09. The van der Waals surface area contributed by atoms with Gasteiger partial charge in [0.25, 0.3) is 0 Å². The van der Waals surface area contributed by atoms with E-state index < -0.39 is 17.0 Å². The number of aliphatic carboxylic acids is 1. The van der Waals surface area contributed by atoms with E-state index >= 15 is 0 Å². The number of hydrazone groups is 1. The van der Waals surface area contributed by atoms with Crippen molar-refractivity contribution < 1.29 is 14.9 Å². The molecule has 0 aromatic carbocycles. The quantitative estimate of drug-likeness (QED) is 0.211. The van der Waals surface area contributed by atoms with Crippen LogP contribution in [0.5, 0.6) is 0 Å². The second kappa shape index (κ2) is 6.78. The summed E-state index contributed by atoms with van der Waals surface area (Å²) in [7, 11) is 0. The van der Waals surface area contributed by atoms with Crippen molar-refractivity contribution in [3.8, 4) is 0 Å². The summed E-state index contributed by atoms with van der Waals surface area (Å²) >= 11 is 0. The first-order valence-corrected chi connectivity index (χ1v) is 3.93. The van der Waals surface area contributed by atoms with Gasteiger partial charge in [0.05, 0.1) is 5.10 Å². The molecule has 0 rings (SSSR count). The number of nitrogens with one attached hydrogen (secondary N) is 1. The van der Waals surface area contributed by atoms with Crippen LogP contribution in [0.25, 0.3) is 0 Å². The lowest BCUT2D eigenvalue weighted by molar-refractivity contribution is -0.484. The summed E-state index contributed by atoms with van der Waals surface area (Å²) in [5, 5.41) is 22.5. The maximum atomic E-state index is 10.5. The maximum Gasteiger partial charge on any atom is 0.326 e. The first-order valence-electron chi connectivity index (χ1n) is 3.93. The van der Waals surface area contributed by atoms with Crippen molar-refractivity contribution in [3.05, 3.63) is 10.1 Å². The lowest BCUT2D eigenvalue weighted by atomic mass is 10.1. The Balaban J connectivity index is 3.97. The molecule has 1 atom stereocenters. The molecule has 0 saturated heterocycles. The third-order valence-electron chi connectivity index (χ3n) is 1.42. The Bertz CT molecular complexity index is 230. The van der Waals surface area contributed by atoms with Crippen LogP contribution in [0.1, 0.15) is 12.8 Å². The number of rotatable bonds is 7. The smallest absolute Gasteiger partial charge is 0.326 e. The van der Waals surface area contributed by atoms with Crippen LogP contribution in [0.3, 0.4) is 0 Å². The van der Waals surface area contributed by atoms with Crippen LogP contribution < -0.4 is 11.1 Å². The zero-order valence-electron chi connectivity index (χ0n) is 7.42. The van der Waals surface area contributed by atoms with E-state index in [1.807, 2.05) is 0 Å². The van der Waals surface area contributed by atoms with E-state index in [9.17, 15) is 14.9 Å². The Kier molecular flexibility index (Phi) is 5.95. The first-order chi connectivity index (χ1) is 6.57. The highest BCUT2D eigenvalue weighted by Gasteiger charge is 2.14. The fourth-order valence-corrected chi connectivity index (χ4v) is 0.771. The molecule has 0 amide bonds. The van der Waals surface area contributed by atoms with Gasteiger partial charge in [0, 0.05) is 0 Å². The van der Waals surface area contributed by atoms with E-state index in [1.54, 1.807) is 0 Å². The minimum absolute atomic E-state index is 0.301. The van der Waals surface area contributed by atoms with Crippen molar-refractivity contribution in [2.24, 2.45) is 10.8 Å². The molecule has 0 radical (unpaired) electrons. The Morgan fingerprint density at radius 3 is 2.86 bits per heavy atom. The summed E-state index contributed by atoms with van der Waals surface area (Å²) in [5.41, 5.74) is 5.19. The second-order valence-electron chi connectivity index (χ2n) is 2.47. The van der Waals surface area contributed by atoms with Crippen molar-refractivity contribution in [1.82, 2.24) is 5.32 Å². The van der Waals surface area contributed by atoms with E-state index in [2.05, 4.69) is 10.4 Å². The molecule has 0 saturated carbocycles. The van der Waals surface area contributed by atoms with Crippen LogP contribution >= 0.6 is 0 Å². The summed E-state index contributed by atoms with van der Waals surface area (Å²) in [6.07, 6.45) is 1.58. The molecule has 0 unspecified atom stereocenters. The number of carbonyl (C=O) groups is 1.